The third-order valence-corrected chi connectivity index (χ3v) is 11.0. The molecule has 9 heteroatoms. The van der Waals surface area contributed by atoms with E-state index in [2.05, 4.69) is 111 Å². The van der Waals surface area contributed by atoms with E-state index in [9.17, 15) is 25.2 Å². The number of carbonyl (C=O) groups is 1. The number of aliphatic hydroxyl groups is 4. The van der Waals surface area contributed by atoms with Gasteiger partial charge in [-0.1, -0.05) is 182 Å². The molecule has 0 spiro atoms. The van der Waals surface area contributed by atoms with E-state index < -0.39 is 43.4 Å². The van der Waals surface area contributed by atoms with Crippen LogP contribution in [0.25, 0.3) is 0 Å². The van der Waals surface area contributed by atoms with Gasteiger partial charge in [0, 0.05) is 13.0 Å². The van der Waals surface area contributed by atoms with Crippen LogP contribution < -0.4 is 0 Å². The zero-order valence-electron chi connectivity index (χ0n) is 40.2. The van der Waals surface area contributed by atoms with Gasteiger partial charge in [-0.05, 0) is 89.9 Å². The van der Waals surface area contributed by atoms with Crippen LogP contribution in [-0.4, -0.2) is 89.6 Å². The summed E-state index contributed by atoms with van der Waals surface area (Å²) in [7, 11) is 0. The largest absolute Gasteiger partial charge is 0.457 e. The molecule has 4 N–H and O–H groups in total. The summed E-state index contributed by atoms with van der Waals surface area (Å²) < 4.78 is 22.9. The quantitative estimate of drug-likeness (QED) is 0.0268. The van der Waals surface area contributed by atoms with Gasteiger partial charge in [-0.25, -0.2) is 0 Å². The summed E-state index contributed by atoms with van der Waals surface area (Å²) in [5, 5.41) is 40.2. The Morgan fingerprint density at radius 3 is 1.36 bits per heavy atom. The molecule has 0 amide bonds. The lowest BCUT2D eigenvalue weighted by atomic mass is 9.99. The van der Waals surface area contributed by atoms with E-state index in [1.165, 1.54) is 51.4 Å². The van der Waals surface area contributed by atoms with Crippen molar-refractivity contribution in [3.05, 3.63) is 97.2 Å². The Kier molecular flexibility index (Phi) is 41.8. The second kappa shape index (κ2) is 45.3. The molecule has 64 heavy (non-hydrogen) atoms. The highest BCUT2D eigenvalue weighted by Crippen LogP contribution is 2.22. The van der Waals surface area contributed by atoms with E-state index in [0.717, 1.165) is 109 Å². The first kappa shape index (κ1) is 59.1. The molecular formula is C55H92O9. The molecule has 1 heterocycles. The zero-order valence-corrected chi connectivity index (χ0v) is 40.2. The van der Waals surface area contributed by atoms with Crippen LogP contribution in [0.5, 0.6) is 0 Å². The maximum atomic E-state index is 12.8. The first-order chi connectivity index (χ1) is 31.4. The Bertz CT molecular complexity index is 1300. The molecule has 1 fully saturated rings. The minimum Gasteiger partial charge on any atom is -0.457 e. The predicted molar refractivity (Wildman–Crippen MR) is 265 cm³/mol. The first-order valence-electron chi connectivity index (χ1n) is 25.3. The van der Waals surface area contributed by atoms with E-state index in [-0.39, 0.29) is 19.2 Å². The number of rotatable bonds is 42. The molecular weight excluding hydrogens is 805 g/mol. The van der Waals surface area contributed by atoms with Crippen molar-refractivity contribution >= 4 is 5.97 Å². The average molecular weight is 897 g/mol. The Hall–Kier alpha value is -2.89. The minimum atomic E-state index is -1.55. The molecule has 1 aliphatic heterocycles. The Morgan fingerprint density at radius 2 is 0.906 bits per heavy atom. The van der Waals surface area contributed by atoms with Crippen molar-refractivity contribution in [1.29, 1.82) is 0 Å². The molecule has 1 aliphatic rings. The number of hydrogen-bond acceptors (Lipinski definition) is 9. The van der Waals surface area contributed by atoms with Gasteiger partial charge in [0.05, 0.1) is 19.8 Å². The first-order valence-corrected chi connectivity index (χ1v) is 25.3. The van der Waals surface area contributed by atoms with Gasteiger partial charge in [0.2, 0.25) is 0 Å². The summed E-state index contributed by atoms with van der Waals surface area (Å²) in [4.78, 5) is 12.8. The van der Waals surface area contributed by atoms with Crippen molar-refractivity contribution in [2.75, 3.05) is 26.4 Å². The maximum absolute atomic E-state index is 12.8. The monoisotopic (exact) mass is 897 g/mol. The third-order valence-electron chi connectivity index (χ3n) is 11.0. The molecule has 0 aromatic rings. The molecule has 1 rings (SSSR count). The molecule has 0 radical (unpaired) electrons. The molecule has 1 saturated heterocycles. The molecule has 0 saturated carbocycles. The summed E-state index contributed by atoms with van der Waals surface area (Å²) in [6, 6.07) is 0. The number of aliphatic hydroxyl groups excluding tert-OH is 4. The van der Waals surface area contributed by atoms with Crippen molar-refractivity contribution in [3.63, 3.8) is 0 Å². The number of unbranched alkanes of at least 4 members (excludes halogenated alkanes) is 15. The van der Waals surface area contributed by atoms with Crippen LogP contribution in [0.4, 0.5) is 0 Å². The van der Waals surface area contributed by atoms with Crippen LogP contribution in [-0.2, 0) is 23.7 Å². The summed E-state index contributed by atoms with van der Waals surface area (Å²) in [6.07, 6.45) is 55.7. The van der Waals surface area contributed by atoms with Crippen LogP contribution in [0, 0.1) is 0 Å². The van der Waals surface area contributed by atoms with Gasteiger partial charge >= 0.3 is 5.97 Å². The fourth-order valence-corrected chi connectivity index (χ4v) is 7.12. The lowest BCUT2D eigenvalue weighted by molar-refractivity contribution is -0.305. The van der Waals surface area contributed by atoms with Crippen molar-refractivity contribution in [2.24, 2.45) is 0 Å². The third kappa shape index (κ3) is 35.4. The standard InChI is InChI=1S/C55H92O9/c1-3-5-7-9-11-13-15-17-19-21-23-24-25-26-27-28-30-32-34-36-38-40-42-44-51(57)63-49(48-62-55-54(60)53(59)52(58)50(46-56)64-55)47-61-45-43-41-39-37-35-33-31-29-22-20-18-16-14-12-10-8-6-4-2/h5-8,11-14,17-20,23-24,26-27,49-50,52-56,58-60H,3-4,9-10,15-16,21-22,25,28-48H2,1-2H3/b7-5-,8-6-,13-11-,14-12-,19-17-,20-18-,24-23-,27-26-. The zero-order chi connectivity index (χ0) is 46.4. The number of esters is 1. The van der Waals surface area contributed by atoms with Crippen LogP contribution >= 0.6 is 0 Å². The molecule has 9 nitrogen and oxygen atoms in total. The fraction of sp³-hybridized carbons (Fsp3) is 0.691. The van der Waals surface area contributed by atoms with E-state index in [1.54, 1.807) is 0 Å². The number of hydrogen-bond donors (Lipinski definition) is 4. The highest BCUT2D eigenvalue weighted by molar-refractivity contribution is 5.69. The topological polar surface area (TPSA) is 135 Å². The number of allylic oxidation sites excluding steroid dienone is 16. The van der Waals surface area contributed by atoms with Crippen molar-refractivity contribution < 1.29 is 44.2 Å². The number of ether oxygens (including phenoxy) is 4. The van der Waals surface area contributed by atoms with E-state index >= 15 is 0 Å². The summed E-state index contributed by atoms with van der Waals surface area (Å²) in [5.41, 5.74) is 0. The normalized spacial score (nSPS) is 20.4. The van der Waals surface area contributed by atoms with E-state index in [0.29, 0.717) is 13.0 Å². The highest BCUT2D eigenvalue weighted by Gasteiger charge is 2.44. The second-order valence-electron chi connectivity index (χ2n) is 16.8. The predicted octanol–water partition coefficient (Wildman–Crippen LogP) is 12.4. The van der Waals surface area contributed by atoms with Gasteiger partial charge in [-0.2, -0.15) is 0 Å². The summed E-state index contributed by atoms with van der Waals surface area (Å²) in [5.74, 6) is -0.331. The smallest absolute Gasteiger partial charge is 0.306 e. The molecule has 0 aliphatic carbocycles. The number of carbonyl (C=O) groups excluding carboxylic acids is 1. The maximum Gasteiger partial charge on any atom is 0.306 e. The van der Waals surface area contributed by atoms with Gasteiger partial charge in [-0.15, -0.1) is 0 Å². The van der Waals surface area contributed by atoms with Gasteiger partial charge in [0.1, 0.15) is 30.5 Å². The molecule has 0 aromatic carbocycles. The molecule has 0 bridgehead atoms. The van der Waals surface area contributed by atoms with Crippen LogP contribution in [0.3, 0.4) is 0 Å². The van der Waals surface area contributed by atoms with Crippen molar-refractivity contribution in [3.8, 4) is 0 Å². The molecule has 6 unspecified atom stereocenters. The van der Waals surface area contributed by atoms with Crippen LogP contribution in [0.2, 0.25) is 0 Å². The Labute approximate surface area is 390 Å². The van der Waals surface area contributed by atoms with Crippen LogP contribution in [0.15, 0.2) is 97.2 Å². The average Bonchev–Trinajstić information content (AvgIpc) is 3.30. The van der Waals surface area contributed by atoms with E-state index in [1.807, 2.05) is 0 Å². The SMILES string of the molecule is CC/C=C\C/C=C\C/C=C\C/C=C\C/C=C\CCCCCCCCCC(=O)OC(COCCCCCCCCCC/C=C\C/C=C\C/C=C\CC)COC1OC(CO)C(O)C(O)C1O. The van der Waals surface area contributed by atoms with Gasteiger partial charge in [0.15, 0.2) is 6.29 Å². The lowest BCUT2D eigenvalue weighted by Crippen LogP contribution is -2.59. The minimum absolute atomic E-state index is 0.127. The van der Waals surface area contributed by atoms with E-state index in [4.69, 9.17) is 18.9 Å². The van der Waals surface area contributed by atoms with Gasteiger partial charge in [-0.3, -0.25) is 4.79 Å². The lowest BCUT2D eigenvalue weighted by Gasteiger charge is -2.39. The van der Waals surface area contributed by atoms with Gasteiger partial charge < -0.3 is 39.4 Å². The summed E-state index contributed by atoms with van der Waals surface area (Å²) >= 11 is 0. The van der Waals surface area contributed by atoms with Crippen molar-refractivity contribution in [2.45, 2.75) is 218 Å². The Balaban J connectivity index is 2.24. The summed E-state index contributed by atoms with van der Waals surface area (Å²) in [6.45, 7) is 4.29. The second-order valence-corrected chi connectivity index (χ2v) is 16.8. The Morgan fingerprint density at radius 1 is 0.500 bits per heavy atom. The molecule has 366 valence electrons. The molecule has 0 aromatic heterocycles. The van der Waals surface area contributed by atoms with Crippen LogP contribution in [0.1, 0.15) is 181 Å². The fourth-order valence-electron chi connectivity index (χ4n) is 7.12. The molecule has 6 atom stereocenters. The van der Waals surface area contributed by atoms with Gasteiger partial charge in [0.25, 0.3) is 0 Å². The van der Waals surface area contributed by atoms with Crippen molar-refractivity contribution in [1.82, 2.24) is 0 Å². The highest BCUT2D eigenvalue weighted by atomic mass is 16.7.